The standard InChI is InChI=1S/C35H25N8/c1-5-13-24(14-6-1)28-21-30(26-17-9-3-10-18-26)42-34(36-28)38-32(40-42)23-33-39-35-37-29(25-15-7-2-8-16-25)22-31(43(35)41-33)27-19-11-4-12-20-27/h1-22,32H,23H2/q+1/t32-/m1/s1. The number of aromatic nitrogens is 6. The van der Waals surface area contributed by atoms with E-state index in [0.717, 1.165) is 45.0 Å². The zero-order valence-electron chi connectivity index (χ0n) is 23.1. The fourth-order valence-corrected chi connectivity index (χ4v) is 5.36. The van der Waals surface area contributed by atoms with Gasteiger partial charge in [-0.05, 0) is 6.07 Å². The maximum atomic E-state index is 4.95. The SMILES string of the molecule is c1ccc(-c2cc(-c3ccccc3)[n+]3c(n2)=N[C@@H](Cc2nc4nc(-c5ccccc5)cc(-c5ccccc5)n4n2)N=3)cc1. The van der Waals surface area contributed by atoms with E-state index in [1.165, 1.54) is 0 Å². The molecule has 1 aliphatic heterocycles. The van der Waals surface area contributed by atoms with E-state index in [9.17, 15) is 0 Å². The summed E-state index contributed by atoms with van der Waals surface area (Å²) in [6.07, 6.45) is -0.0107. The van der Waals surface area contributed by atoms with Crippen LogP contribution in [0.3, 0.4) is 0 Å². The highest BCUT2D eigenvalue weighted by molar-refractivity contribution is 5.70. The number of nitrogens with zero attached hydrogens (tertiary/aromatic N) is 8. The molecule has 204 valence electrons. The molecule has 8 nitrogen and oxygen atoms in total. The molecule has 0 fully saturated rings. The molecule has 0 unspecified atom stereocenters. The molecular weight excluding hydrogens is 532 g/mol. The lowest BCUT2D eigenvalue weighted by Gasteiger charge is -2.07. The molecule has 0 radical (unpaired) electrons. The molecule has 0 spiro atoms. The van der Waals surface area contributed by atoms with E-state index in [2.05, 4.69) is 60.7 Å². The third-order valence-corrected chi connectivity index (χ3v) is 7.42. The van der Waals surface area contributed by atoms with Crippen molar-refractivity contribution in [2.75, 3.05) is 0 Å². The minimum Gasteiger partial charge on any atom is -0.211 e. The largest absolute Gasteiger partial charge is 0.455 e. The molecule has 1 atom stereocenters. The molecule has 7 aromatic rings. The number of hydrogen-bond acceptors (Lipinski definition) is 6. The van der Waals surface area contributed by atoms with Gasteiger partial charge in [-0.2, -0.15) is 9.50 Å². The van der Waals surface area contributed by atoms with Gasteiger partial charge in [-0.1, -0.05) is 136 Å². The molecule has 0 N–H and O–H groups in total. The summed E-state index contributed by atoms with van der Waals surface area (Å²) in [7, 11) is 0. The number of hydrogen-bond donors (Lipinski definition) is 0. The first kappa shape index (κ1) is 24.9. The average molecular weight is 558 g/mol. The Labute approximate surface area is 247 Å². The number of benzene rings is 4. The first-order chi connectivity index (χ1) is 21.3. The fraction of sp³-hybridized carbons (Fsp3) is 0.0571. The number of fused-ring (bicyclic) bond motifs is 2. The van der Waals surface area contributed by atoms with Gasteiger partial charge >= 0.3 is 5.62 Å². The molecule has 1 aliphatic rings. The van der Waals surface area contributed by atoms with E-state index in [-0.39, 0.29) is 0 Å². The van der Waals surface area contributed by atoms with Crippen molar-refractivity contribution in [2.45, 2.75) is 12.6 Å². The molecule has 0 bridgehead atoms. The van der Waals surface area contributed by atoms with E-state index in [4.69, 9.17) is 30.2 Å². The van der Waals surface area contributed by atoms with Crippen LogP contribution in [0.5, 0.6) is 0 Å². The molecule has 4 heterocycles. The Bertz CT molecular complexity index is 2200. The van der Waals surface area contributed by atoms with Gasteiger partial charge in [0.25, 0.3) is 5.78 Å². The minimum atomic E-state index is -0.424. The van der Waals surface area contributed by atoms with E-state index in [0.29, 0.717) is 23.6 Å². The highest BCUT2D eigenvalue weighted by Gasteiger charge is 2.26. The molecular formula is C35H25N8+. The van der Waals surface area contributed by atoms with Crippen LogP contribution in [0.2, 0.25) is 0 Å². The van der Waals surface area contributed by atoms with Crippen molar-refractivity contribution in [3.63, 3.8) is 0 Å². The summed E-state index contributed by atoms with van der Waals surface area (Å²) in [6, 6.07) is 44.8. The van der Waals surface area contributed by atoms with Crippen LogP contribution in [0.15, 0.2) is 144 Å². The lowest BCUT2D eigenvalue weighted by atomic mass is 10.1. The van der Waals surface area contributed by atoms with E-state index in [1.54, 1.807) is 0 Å². The molecule has 3 aromatic heterocycles. The van der Waals surface area contributed by atoms with Gasteiger partial charge in [-0.15, -0.1) is 9.46 Å². The summed E-state index contributed by atoms with van der Waals surface area (Å²) in [6.45, 7) is 0. The van der Waals surface area contributed by atoms with Crippen LogP contribution in [0.25, 0.3) is 50.8 Å². The van der Waals surface area contributed by atoms with Crippen molar-refractivity contribution >= 4 is 5.78 Å². The van der Waals surface area contributed by atoms with Gasteiger partial charge < -0.3 is 0 Å². The smallest absolute Gasteiger partial charge is 0.211 e. The van der Waals surface area contributed by atoms with Gasteiger partial charge in [0, 0.05) is 28.3 Å². The van der Waals surface area contributed by atoms with Crippen molar-refractivity contribution in [3.05, 3.63) is 145 Å². The molecule has 8 rings (SSSR count). The van der Waals surface area contributed by atoms with Crippen molar-refractivity contribution in [1.82, 2.24) is 24.6 Å². The number of rotatable bonds is 6. The van der Waals surface area contributed by atoms with Gasteiger partial charge in [0.05, 0.1) is 17.8 Å². The summed E-state index contributed by atoms with van der Waals surface area (Å²) in [4.78, 5) is 19.5. The summed E-state index contributed by atoms with van der Waals surface area (Å²) in [5.74, 6) is 1.15. The molecule has 43 heavy (non-hydrogen) atoms. The third-order valence-electron chi connectivity index (χ3n) is 7.42. The molecule has 0 saturated heterocycles. The maximum absolute atomic E-state index is 4.95. The van der Waals surface area contributed by atoms with E-state index < -0.39 is 6.17 Å². The second-order valence-corrected chi connectivity index (χ2v) is 10.3. The second kappa shape index (κ2) is 10.5. The van der Waals surface area contributed by atoms with Crippen LogP contribution in [0.1, 0.15) is 5.82 Å². The first-order valence-corrected chi connectivity index (χ1v) is 14.2. The van der Waals surface area contributed by atoms with Gasteiger partial charge in [0.15, 0.2) is 11.5 Å². The van der Waals surface area contributed by atoms with Crippen molar-refractivity contribution in [1.29, 1.82) is 0 Å². The lowest BCUT2D eigenvalue weighted by Crippen LogP contribution is -2.39. The predicted octanol–water partition coefficient (Wildman–Crippen LogP) is 5.71. The highest BCUT2D eigenvalue weighted by atomic mass is 15.4. The molecule has 0 saturated carbocycles. The molecule has 8 heteroatoms. The van der Waals surface area contributed by atoms with E-state index in [1.807, 2.05) is 81.7 Å². The first-order valence-electron chi connectivity index (χ1n) is 14.2. The Morgan fingerprint density at radius 2 is 1.14 bits per heavy atom. The third kappa shape index (κ3) is 4.74. The lowest BCUT2D eigenvalue weighted by molar-refractivity contribution is -0.552. The van der Waals surface area contributed by atoms with Gasteiger partial charge in [0.1, 0.15) is 5.69 Å². The van der Waals surface area contributed by atoms with Crippen LogP contribution in [-0.2, 0) is 6.42 Å². The van der Waals surface area contributed by atoms with Gasteiger partial charge in [0.2, 0.25) is 6.17 Å². The van der Waals surface area contributed by atoms with Crippen LogP contribution >= 0.6 is 0 Å². The Hall–Kier alpha value is -5.89. The summed E-state index contributed by atoms with van der Waals surface area (Å²) in [5.41, 5.74) is 8.22. The summed E-state index contributed by atoms with van der Waals surface area (Å²) >= 11 is 0. The topological polar surface area (TPSA) is 86.6 Å². The predicted molar refractivity (Wildman–Crippen MR) is 163 cm³/mol. The summed E-state index contributed by atoms with van der Waals surface area (Å²) in [5, 5.41) is 9.84. The zero-order valence-corrected chi connectivity index (χ0v) is 23.1. The normalized spacial score (nSPS) is 13.8. The monoisotopic (exact) mass is 557 g/mol. The highest BCUT2D eigenvalue weighted by Crippen LogP contribution is 2.26. The van der Waals surface area contributed by atoms with Crippen molar-refractivity contribution < 1.29 is 4.36 Å². The quantitative estimate of drug-likeness (QED) is 0.245. The van der Waals surface area contributed by atoms with Crippen LogP contribution < -0.4 is 9.98 Å². The Morgan fingerprint density at radius 3 is 1.77 bits per heavy atom. The van der Waals surface area contributed by atoms with Gasteiger partial charge in [-0.25, -0.2) is 4.98 Å². The van der Waals surface area contributed by atoms with Crippen LogP contribution in [0.4, 0.5) is 0 Å². The maximum Gasteiger partial charge on any atom is 0.455 e. The molecule has 4 aromatic carbocycles. The minimum absolute atomic E-state index is 0.413. The summed E-state index contributed by atoms with van der Waals surface area (Å²) < 4.78 is 3.65. The second-order valence-electron chi connectivity index (χ2n) is 10.3. The van der Waals surface area contributed by atoms with Crippen molar-refractivity contribution in [2.24, 2.45) is 10.1 Å². The zero-order chi connectivity index (χ0) is 28.6. The van der Waals surface area contributed by atoms with Crippen molar-refractivity contribution in [3.8, 4) is 45.0 Å². The fourth-order valence-electron chi connectivity index (χ4n) is 5.36. The Kier molecular flexibility index (Phi) is 6.07. The van der Waals surface area contributed by atoms with Crippen LogP contribution in [0, 0.1) is 0 Å². The molecule has 0 amide bonds. The van der Waals surface area contributed by atoms with E-state index >= 15 is 0 Å². The van der Waals surface area contributed by atoms with Crippen LogP contribution in [-0.4, -0.2) is 30.7 Å². The molecule has 0 aliphatic carbocycles. The Morgan fingerprint density at radius 1 is 0.581 bits per heavy atom. The van der Waals surface area contributed by atoms with Gasteiger partial charge in [-0.3, -0.25) is 0 Å². The average Bonchev–Trinajstić information content (AvgIpc) is 3.68. The Balaban J connectivity index is 1.22.